The van der Waals surface area contributed by atoms with Gasteiger partial charge in [0.25, 0.3) is 11.8 Å². The number of nitrogens with zero attached hydrogens (tertiary/aromatic N) is 1. The quantitative estimate of drug-likeness (QED) is 0.911. The Morgan fingerprint density at radius 1 is 1.22 bits per heavy atom. The SMILES string of the molecule is CNC(=O)c1ccc(Cc2cc3c(c(C)c2C)OC2CCN(C2)C3=O)cc1. The fraction of sp³-hybridized carbons (Fsp3) is 0.364. The zero-order chi connectivity index (χ0) is 19.1. The van der Waals surface area contributed by atoms with Crippen molar-refractivity contribution in [2.24, 2.45) is 0 Å². The highest BCUT2D eigenvalue weighted by Gasteiger charge is 2.35. The van der Waals surface area contributed by atoms with Gasteiger partial charge in [0.2, 0.25) is 0 Å². The van der Waals surface area contributed by atoms with Crippen molar-refractivity contribution in [2.45, 2.75) is 32.8 Å². The van der Waals surface area contributed by atoms with Gasteiger partial charge in [-0.3, -0.25) is 9.59 Å². The lowest BCUT2D eigenvalue weighted by Gasteiger charge is -2.21. The van der Waals surface area contributed by atoms with E-state index in [0.717, 1.165) is 41.0 Å². The molecule has 5 heteroatoms. The molecule has 0 aliphatic carbocycles. The Hall–Kier alpha value is -2.82. The Morgan fingerprint density at radius 2 is 1.96 bits per heavy atom. The van der Waals surface area contributed by atoms with Gasteiger partial charge in [-0.25, -0.2) is 0 Å². The first kappa shape index (κ1) is 17.6. The number of benzene rings is 2. The minimum Gasteiger partial charge on any atom is -0.487 e. The van der Waals surface area contributed by atoms with E-state index in [1.807, 2.05) is 42.2 Å². The van der Waals surface area contributed by atoms with E-state index in [2.05, 4.69) is 12.2 Å². The molecule has 5 nitrogen and oxygen atoms in total. The Morgan fingerprint density at radius 3 is 2.67 bits per heavy atom. The van der Waals surface area contributed by atoms with Crippen LogP contribution in [0.15, 0.2) is 30.3 Å². The van der Waals surface area contributed by atoms with Crippen LogP contribution in [0, 0.1) is 13.8 Å². The highest BCUT2D eigenvalue weighted by molar-refractivity contribution is 5.98. The summed E-state index contributed by atoms with van der Waals surface area (Å²) in [6.45, 7) is 5.57. The molecule has 1 N–H and O–H groups in total. The topological polar surface area (TPSA) is 58.6 Å². The number of ether oxygens (including phenoxy) is 1. The van der Waals surface area contributed by atoms with Crippen molar-refractivity contribution in [1.29, 1.82) is 0 Å². The largest absolute Gasteiger partial charge is 0.487 e. The molecule has 4 rings (SSSR count). The third-order valence-electron chi connectivity index (χ3n) is 5.73. The molecule has 0 aromatic heterocycles. The van der Waals surface area contributed by atoms with E-state index in [1.54, 1.807) is 7.05 Å². The van der Waals surface area contributed by atoms with Gasteiger partial charge >= 0.3 is 0 Å². The maximum absolute atomic E-state index is 12.9. The van der Waals surface area contributed by atoms with Gasteiger partial charge in [0.15, 0.2) is 0 Å². The van der Waals surface area contributed by atoms with E-state index >= 15 is 0 Å². The van der Waals surface area contributed by atoms with Crippen LogP contribution in [0.1, 0.15) is 49.4 Å². The van der Waals surface area contributed by atoms with Crippen molar-refractivity contribution in [2.75, 3.05) is 20.1 Å². The third kappa shape index (κ3) is 3.07. The monoisotopic (exact) mass is 364 g/mol. The molecule has 2 aromatic rings. The number of fused-ring (bicyclic) bond motifs is 3. The van der Waals surface area contributed by atoms with Gasteiger partial charge in [0.1, 0.15) is 11.9 Å². The van der Waals surface area contributed by atoms with Gasteiger partial charge in [-0.2, -0.15) is 0 Å². The fourth-order valence-electron chi connectivity index (χ4n) is 3.94. The lowest BCUT2D eigenvalue weighted by Crippen LogP contribution is -2.28. The third-order valence-corrected chi connectivity index (χ3v) is 5.73. The summed E-state index contributed by atoms with van der Waals surface area (Å²) in [6, 6.07) is 9.59. The predicted octanol–water partition coefficient (Wildman–Crippen LogP) is 2.86. The summed E-state index contributed by atoms with van der Waals surface area (Å²) in [5, 5.41) is 2.63. The van der Waals surface area contributed by atoms with Gasteiger partial charge in [0.05, 0.1) is 12.1 Å². The summed E-state index contributed by atoms with van der Waals surface area (Å²) < 4.78 is 6.18. The molecule has 0 radical (unpaired) electrons. The molecule has 1 saturated heterocycles. The molecular formula is C22H24N2O3. The number of carbonyl (C=O) groups excluding carboxylic acids is 2. The Balaban J connectivity index is 1.68. The molecule has 140 valence electrons. The number of rotatable bonds is 3. The van der Waals surface area contributed by atoms with Crippen LogP contribution in [0.3, 0.4) is 0 Å². The van der Waals surface area contributed by atoms with Gasteiger partial charge < -0.3 is 15.0 Å². The number of nitrogens with one attached hydrogen (secondary N) is 1. The maximum atomic E-state index is 12.9. The minimum atomic E-state index is -0.0922. The van der Waals surface area contributed by atoms with E-state index in [9.17, 15) is 9.59 Å². The Labute approximate surface area is 159 Å². The summed E-state index contributed by atoms with van der Waals surface area (Å²) in [6.07, 6.45) is 1.73. The highest BCUT2D eigenvalue weighted by atomic mass is 16.5. The van der Waals surface area contributed by atoms with Gasteiger partial charge in [-0.15, -0.1) is 0 Å². The Bertz CT molecular complexity index is 918. The summed E-state index contributed by atoms with van der Waals surface area (Å²) in [5.74, 6) is 0.734. The van der Waals surface area contributed by atoms with Crippen molar-refractivity contribution in [1.82, 2.24) is 10.2 Å². The van der Waals surface area contributed by atoms with Crippen LogP contribution in [-0.4, -0.2) is 43.0 Å². The zero-order valence-corrected chi connectivity index (χ0v) is 16.0. The van der Waals surface area contributed by atoms with E-state index in [4.69, 9.17) is 4.74 Å². The second kappa shape index (κ2) is 6.72. The van der Waals surface area contributed by atoms with Crippen LogP contribution in [0.4, 0.5) is 0 Å². The van der Waals surface area contributed by atoms with Crippen LogP contribution in [0.2, 0.25) is 0 Å². The second-order valence-electron chi connectivity index (χ2n) is 7.39. The van der Waals surface area contributed by atoms with Gasteiger partial charge in [-0.05, 0) is 60.7 Å². The molecule has 2 heterocycles. The van der Waals surface area contributed by atoms with Crippen molar-refractivity contribution in [3.63, 3.8) is 0 Å². The van der Waals surface area contributed by atoms with Crippen molar-refractivity contribution >= 4 is 11.8 Å². The van der Waals surface area contributed by atoms with E-state index in [-0.39, 0.29) is 17.9 Å². The molecule has 2 bridgehead atoms. The molecule has 1 unspecified atom stereocenters. The molecular weight excluding hydrogens is 340 g/mol. The molecule has 2 aliphatic heterocycles. The van der Waals surface area contributed by atoms with E-state index in [0.29, 0.717) is 24.1 Å². The first-order valence-electron chi connectivity index (χ1n) is 9.38. The highest BCUT2D eigenvalue weighted by Crippen LogP contribution is 2.36. The van der Waals surface area contributed by atoms with E-state index in [1.165, 1.54) is 0 Å². The molecule has 0 saturated carbocycles. The van der Waals surface area contributed by atoms with Crippen LogP contribution in [0.25, 0.3) is 0 Å². The van der Waals surface area contributed by atoms with Crippen LogP contribution in [0.5, 0.6) is 5.75 Å². The predicted molar refractivity (Wildman–Crippen MR) is 103 cm³/mol. The number of amides is 2. The van der Waals surface area contributed by atoms with Crippen molar-refractivity contribution in [3.05, 3.63) is 63.7 Å². The smallest absolute Gasteiger partial charge is 0.257 e. The first-order chi connectivity index (χ1) is 13.0. The normalized spacial score (nSPS) is 18.0. The van der Waals surface area contributed by atoms with E-state index < -0.39 is 0 Å². The summed E-state index contributed by atoms with van der Waals surface area (Å²) in [5.41, 5.74) is 5.75. The number of hydrogen-bond acceptors (Lipinski definition) is 3. The van der Waals surface area contributed by atoms with Crippen molar-refractivity contribution < 1.29 is 14.3 Å². The average Bonchev–Trinajstić information content (AvgIpc) is 3.10. The summed E-state index contributed by atoms with van der Waals surface area (Å²) in [7, 11) is 1.62. The van der Waals surface area contributed by atoms with Gasteiger partial charge in [-0.1, -0.05) is 12.1 Å². The van der Waals surface area contributed by atoms with Crippen LogP contribution < -0.4 is 10.1 Å². The molecule has 2 amide bonds. The zero-order valence-electron chi connectivity index (χ0n) is 16.0. The molecule has 1 fully saturated rings. The van der Waals surface area contributed by atoms with Crippen LogP contribution >= 0.6 is 0 Å². The standard InChI is InChI=1S/C22H24N2O3/c1-13-14(2)20-19(22(26)24-9-8-18(12-24)27-20)11-17(13)10-15-4-6-16(7-5-15)21(25)23-3/h4-7,11,18H,8-10,12H2,1-3H3,(H,23,25). The summed E-state index contributed by atoms with van der Waals surface area (Å²) in [4.78, 5) is 26.5. The minimum absolute atomic E-state index is 0.0734. The maximum Gasteiger partial charge on any atom is 0.257 e. The fourth-order valence-corrected chi connectivity index (χ4v) is 3.94. The number of hydrogen-bond donors (Lipinski definition) is 1. The first-order valence-corrected chi connectivity index (χ1v) is 9.38. The molecule has 2 aromatic carbocycles. The lowest BCUT2D eigenvalue weighted by molar-refractivity contribution is 0.0792. The van der Waals surface area contributed by atoms with Crippen molar-refractivity contribution in [3.8, 4) is 5.75 Å². The molecule has 27 heavy (non-hydrogen) atoms. The lowest BCUT2D eigenvalue weighted by atomic mass is 9.93. The summed E-state index contributed by atoms with van der Waals surface area (Å²) >= 11 is 0. The second-order valence-corrected chi connectivity index (χ2v) is 7.39. The van der Waals surface area contributed by atoms with Gasteiger partial charge in [0, 0.05) is 25.6 Å². The Kier molecular flexibility index (Phi) is 4.38. The number of carbonyl (C=O) groups is 2. The molecule has 1 atom stereocenters. The molecule has 2 aliphatic rings. The average molecular weight is 364 g/mol. The molecule has 0 spiro atoms. The van der Waals surface area contributed by atoms with Crippen LogP contribution in [-0.2, 0) is 6.42 Å².